The summed E-state index contributed by atoms with van der Waals surface area (Å²) in [5, 5.41) is 11.5. The predicted octanol–water partition coefficient (Wildman–Crippen LogP) is 0.461. The highest BCUT2D eigenvalue weighted by Crippen LogP contribution is 2.01. The minimum absolute atomic E-state index is 0.213. The Balaban J connectivity index is 4.15. The lowest BCUT2D eigenvalue weighted by atomic mass is 10.1. The molecule has 21 heavy (non-hydrogen) atoms. The van der Waals surface area contributed by atoms with Crippen LogP contribution in [0.4, 0.5) is 4.79 Å². The SMILES string of the molecule is COCCCC(NC(=O)N(C)CCCC(=O)OC)C(=O)O. The van der Waals surface area contributed by atoms with E-state index in [4.69, 9.17) is 9.84 Å². The summed E-state index contributed by atoms with van der Waals surface area (Å²) in [6.45, 7) is 0.778. The van der Waals surface area contributed by atoms with Crippen LogP contribution in [0.15, 0.2) is 0 Å². The molecule has 0 rings (SSSR count). The molecule has 2 N–H and O–H groups in total. The molecule has 0 aliphatic carbocycles. The monoisotopic (exact) mass is 304 g/mol. The number of amides is 2. The zero-order valence-electron chi connectivity index (χ0n) is 12.8. The van der Waals surface area contributed by atoms with E-state index < -0.39 is 18.0 Å². The highest BCUT2D eigenvalue weighted by Gasteiger charge is 2.21. The van der Waals surface area contributed by atoms with E-state index >= 15 is 0 Å². The minimum atomic E-state index is -1.08. The number of rotatable bonds is 10. The Morgan fingerprint density at radius 3 is 2.43 bits per heavy atom. The first-order valence-electron chi connectivity index (χ1n) is 6.72. The lowest BCUT2D eigenvalue weighted by Crippen LogP contribution is -2.47. The number of nitrogens with one attached hydrogen (secondary N) is 1. The molecule has 0 saturated carbocycles. The van der Waals surface area contributed by atoms with Gasteiger partial charge in [0.1, 0.15) is 6.04 Å². The maximum atomic E-state index is 11.8. The van der Waals surface area contributed by atoms with Crippen LogP contribution in [0, 0.1) is 0 Å². The number of methoxy groups -OCH3 is 2. The van der Waals surface area contributed by atoms with Gasteiger partial charge in [0.25, 0.3) is 0 Å². The van der Waals surface area contributed by atoms with E-state index in [1.54, 1.807) is 7.05 Å². The molecule has 1 atom stereocenters. The van der Waals surface area contributed by atoms with Crippen molar-refractivity contribution >= 4 is 18.0 Å². The molecule has 0 fully saturated rings. The van der Waals surface area contributed by atoms with Crippen molar-refractivity contribution in [2.75, 3.05) is 34.4 Å². The molecule has 1 unspecified atom stereocenters. The smallest absolute Gasteiger partial charge is 0.326 e. The fourth-order valence-corrected chi connectivity index (χ4v) is 1.61. The largest absolute Gasteiger partial charge is 0.480 e. The van der Waals surface area contributed by atoms with Crippen LogP contribution in [0.25, 0.3) is 0 Å². The molecule has 2 amide bonds. The van der Waals surface area contributed by atoms with Gasteiger partial charge >= 0.3 is 18.0 Å². The summed E-state index contributed by atoms with van der Waals surface area (Å²) in [6.07, 6.45) is 1.51. The third-order valence-electron chi connectivity index (χ3n) is 2.89. The molecule has 0 aromatic rings. The predicted molar refractivity (Wildman–Crippen MR) is 74.9 cm³/mol. The Hall–Kier alpha value is -1.83. The number of esters is 1. The first-order valence-corrected chi connectivity index (χ1v) is 6.72. The summed E-state index contributed by atoms with van der Waals surface area (Å²) < 4.78 is 9.35. The van der Waals surface area contributed by atoms with Crippen molar-refractivity contribution in [2.45, 2.75) is 31.7 Å². The first-order chi connectivity index (χ1) is 9.92. The van der Waals surface area contributed by atoms with Gasteiger partial charge in [0, 0.05) is 33.7 Å². The number of ether oxygens (including phenoxy) is 2. The van der Waals surface area contributed by atoms with Gasteiger partial charge in [0.2, 0.25) is 0 Å². The van der Waals surface area contributed by atoms with Gasteiger partial charge in [0.05, 0.1) is 7.11 Å². The van der Waals surface area contributed by atoms with E-state index in [-0.39, 0.29) is 12.4 Å². The lowest BCUT2D eigenvalue weighted by molar-refractivity contribution is -0.141. The Labute approximate surface area is 124 Å². The standard InChI is InChI=1S/C13H24N2O6/c1-15(8-4-7-11(16)21-3)13(19)14-10(12(17)18)6-5-9-20-2/h10H,4-9H2,1-3H3,(H,14,19)(H,17,18). The number of hydrogen-bond acceptors (Lipinski definition) is 5. The average Bonchev–Trinajstić information content (AvgIpc) is 2.45. The lowest BCUT2D eigenvalue weighted by Gasteiger charge is -2.21. The summed E-state index contributed by atoms with van der Waals surface area (Å²) >= 11 is 0. The van der Waals surface area contributed by atoms with Crippen molar-refractivity contribution in [2.24, 2.45) is 0 Å². The molecule has 0 bridgehead atoms. The second-order valence-corrected chi connectivity index (χ2v) is 4.58. The van der Waals surface area contributed by atoms with Crippen LogP contribution in [-0.4, -0.2) is 68.4 Å². The third-order valence-corrected chi connectivity index (χ3v) is 2.89. The van der Waals surface area contributed by atoms with Crippen LogP contribution in [-0.2, 0) is 19.1 Å². The van der Waals surface area contributed by atoms with Crippen molar-refractivity contribution < 1.29 is 29.0 Å². The number of hydrogen-bond donors (Lipinski definition) is 2. The second kappa shape index (κ2) is 10.9. The molecule has 122 valence electrons. The highest BCUT2D eigenvalue weighted by atomic mass is 16.5. The third kappa shape index (κ3) is 8.85. The van der Waals surface area contributed by atoms with Crippen LogP contribution in [0.5, 0.6) is 0 Å². The van der Waals surface area contributed by atoms with Gasteiger partial charge in [-0.15, -0.1) is 0 Å². The quantitative estimate of drug-likeness (QED) is 0.449. The molecule has 8 heteroatoms. The Kier molecular flexibility index (Phi) is 9.95. The molecule has 0 heterocycles. The fourth-order valence-electron chi connectivity index (χ4n) is 1.61. The van der Waals surface area contributed by atoms with Crippen molar-refractivity contribution in [1.29, 1.82) is 0 Å². The van der Waals surface area contributed by atoms with Gasteiger partial charge in [-0.2, -0.15) is 0 Å². The number of carbonyl (C=O) groups is 3. The Bertz CT molecular complexity index is 348. The molecular weight excluding hydrogens is 280 g/mol. The van der Waals surface area contributed by atoms with E-state index in [0.29, 0.717) is 32.4 Å². The van der Waals surface area contributed by atoms with Gasteiger partial charge in [-0.05, 0) is 19.3 Å². The molecule has 0 aromatic carbocycles. The summed E-state index contributed by atoms with van der Waals surface area (Å²) in [7, 11) is 4.38. The molecule has 8 nitrogen and oxygen atoms in total. The number of carbonyl (C=O) groups excluding carboxylic acids is 2. The highest BCUT2D eigenvalue weighted by molar-refractivity contribution is 5.82. The maximum absolute atomic E-state index is 11.8. The van der Waals surface area contributed by atoms with E-state index in [9.17, 15) is 14.4 Å². The normalized spacial score (nSPS) is 11.6. The second-order valence-electron chi connectivity index (χ2n) is 4.58. The van der Waals surface area contributed by atoms with Gasteiger partial charge < -0.3 is 24.8 Å². The summed E-state index contributed by atoms with van der Waals surface area (Å²) in [5.41, 5.74) is 0. The van der Waals surface area contributed by atoms with Crippen LogP contribution < -0.4 is 5.32 Å². The molecule has 0 spiro atoms. The van der Waals surface area contributed by atoms with Crippen LogP contribution >= 0.6 is 0 Å². The van der Waals surface area contributed by atoms with Gasteiger partial charge in [-0.25, -0.2) is 9.59 Å². The maximum Gasteiger partial charge on any atom is 0.326 e. The average molecular weight is 304 g/mol. The van der Waals surface area contributed by atoms with E-state index in [2.05, 4.69) is 10.1 Å². The minimum Gasteiger partial charge on any atom is -0.480 e. The Morgan fingerprint density at radius 2 is 1.90 bits per heavy atom. The number of nitrogens with zero attached hydrogens (tertiary/aromatic N) is 1. The zero-order chi connectivity index (χ0) is 16.3. The molecule has 0 aliphatic heterocycles. The molecule has 0 radical (unpaired) electrons. The molecule has 0 saturated heterocycles. The van der Waals surface area contributed by atoms with Gasteiger partial charge in [0.15, 0.2) is 0 Å². The van der Waals surface area contributed by atoms with Crippen LogP contribution in [0.3, 0.4) is 0 Å². The first kappa shape index (κ1) is 19.2. The summed E-state index contributed by atoms with van der Waals surface area (Å²) in [4.78, 5) is 35.2. The van der Waals surface area contributed by atoms with Crippen molar-refractivity contribution in [3.05, 3.63) is 0 Å². The van der Waals surface area contributed by atoms with Gasteiger partial charge in [-0.1, -0.05) is 0 Å². The van der Waals surface area contributed by atoms with E-state index in [1.807, 2.05) is 0 Å². The van der Waals surface area contributed by atoms with Crippen LogP contribution in [0.1, 0.15) is 25.7 Å². The van der Waals surface area contributed by atoms with E-state index in [0.717, 1.165) is 0 Å². The number of carboxylic acid groups (broad SMARTS) is 1. The molecule has 0 aromatic heterocycles. The van der Waals surface area contributed by atoms with Crippen molar-refractivity contribution in [3.8, 4) is 0 Å². The zero-order valence-corrected chi connectivity index (χ0v) is 12.8. The number of urea groups is 1. The van der Waals surface area contributed by atoms with Crippen molar-refractivity contribution in [1.82, 2.24) is 10.2 Å². The molecular formula is C13H24N2O6. The van der Waals surface area contributed by atoms with E-state index in [1.165, 1.54) is 19.1 Å². The Morgan fingerprint density at radius 1 is 1.24 bits per heavy atom. The van der Waals surface area contributed by atoms with Gasteiger partial charge in [-0.3, -0.25) is 4.79 Å². The molecule has 0 aliphatic rings. The topological polar surface area (TPSA) is 105 Å². The summed E-state index contributed by atoms with van der Waals surface area (Å²) in [5.74, 6) is -1.42. The fraction of sp³-hybridized carbons (Fsp3) is 0.769. The number of aliphatic carboxylic acids is 1. The summed E-state index contributed by atoms with van der Waals surface area (Å²) in [6, 6.07) is -1.43. The van der Waals surface area contributed by atoms with Crippen LogP contribution in [0.2, 0.25) is 0 Å². The van der Waals surface area contributed by atoms with Crippen molar-refractivity contribution in [3.63, 3.8) is 0 Å². The number of carboxylic acids is 1.